The van der Waals surface area contributed by atoms with Crippen LogP contribution in [0.4, 0.5) is 0 Å². The fourth-order valence-electron chi connectivity index (χ4n) is 8.16. The largest absolute Gasteiger partial charge is 0.0625 e. The van der Waals surface area contributed by atoms with E-state index in [0.717, 1.165) is 47.3 Å². The smallest absolute Gasteiger partial charge is 0.0386 e. The Kier molecular flexibility index (Phi) is 17.9. The molecule has 0 amide bonds. The van der Waals surface area contributed by atoms with Crippen LogP contribution in [0.15, 0.2) is 0 Å². The van der Waals surface area contributed by atoms with E-state index in [4.69, 9.17) is 0 Å². The first kappa shape index (κ1) is 33.2. The van der Waals surface area contributed by atoms with Crippen LogP contribution in [0.3, 0.4) is 0 Å². The molecule has 0 aliphatic heterocycles. The van der Waals surface area contributed by atoms with Gasteiger partial charge in [0.25, 0.3) is 0 Å². The molecule has 4 aliphatic rings. The molecular weight excluding hydrogens is 444 g/mol. The highest BCUT2D eigenvalue weighted by atomic mass is 14.4. The molecule has 0 aromatic heterocycles. The van der Waals surface area contributed by atoms with E-state index in [2.05, 4.69) is 41.5 Å². The van der Waals surface area contributed by atoms with Crippen molar-refractivity contribution in [1.82, 2.24) is 0 Å². The molecule has 0 saturated heterocycles. The molecule has 37 heavy (non-hydrogen) atoms. The van der Waals surface area contributed by atoms with Gasteiger partial charge in [0, 0.05) is 0 Å². The molecular formula is C37H72. The Morgan fingerprint density at radius 1 is 0.297 bits per heavy atom. The van der Waals surface area contributed by atoms with Gasteiger partial charge in [-0.2, -0.15) is 0 Å². The molecule has 0 radical (unpaired) electrons. The SMILES string of the molecule is CC(C)C1CCCCCCC1.CC(C)C1CCCCCCCCC1.CC(C)C1C[C@H]2CCCC[C@@H](C1)C2. The standard InChI is InChI=1S/C13H24.C13H26.C11H22/c1-10(2)13-8-11-5-3-4-6-12(7-11)9-13;1-12(2)13-10-8-6-4-3-5-7-9-11-13;1-10(2)11-8-6-4-3-5-7-9-11/h10-13H,3-9H2,1-2H3;12-13H,3-11H2,1-2H3;10-11H,3-9H2,1-2H3/t11-,12+,13?;;. The predicted octanol–water partition coefficient (Wildman–Crippen LogP) is 13.0. The average molecular weight is 517 g/mol. The minimum atomic E-state index is 0.916. The van der Waals surface area contributed by atoms with E-state index in [9.17, 15) is 0 Å². The molecule has 3 atom stereocenters. The first-order chi connectivity index (χ1) is 17.9. The van der Waals surface area contributed by atoms with Crippen molar-refractivity contribution >= 4 is 0 Å². The monoisotopic (exact) mass is 517 g/mol. The zero-order chi connectivity index (χ0) is 26.9. The topological polar surface area (TPSA) is 0 Å². The Hall–Kier alpha value is 0. The van der Waals surface area contributed by atoms with E-state index in [1.807, 2.05) is 0 Å². The highest BCUT2D eigenvalue weighted by molar-refractivity contribution is 4.82. The number of fused-ring (bicyclic) bond motifs is 2. The summed E-state index contributed by atoms with van der Waals surface area (Å²) in [5.74, 6) is 8.11. The van der Waals surface area contributed by atoms with Crippen molar-refractivity contribution in [3.63, 3.8) is 0 Å². The molecule has 0 spiro atoms. The fourth-order valence-corrected chi connectivity index (χ4v) is 8.16. The van der Waals surface area contributed by atoms with Crippen LogP contribution in [0.1, 0.15) is 189 Å². The summed E-state index contributed by atoms with van der Waals surface area (Å²) in [6.45, 7) is 14.4. The van der Waals surface area contributed by atoms with Crippen LogP contribution >= 0.6 is 0 Å². The zero-order valence-corrected chi connectivity index (χ0v) is 26.9. The summed E-state index contributed by atoms with van der Waals surface area (Å²) in [7, 11) is 0. The van der Waals surface area contributed by atoms with Crippen LogP contribution in [-0.4, -0.2) is 0 Å². The molecule has 0 N–H and O–H groups in total. The maximum Gasteiger partial charge on any atom is -0.0386 e. The summed E-state index contributed by atoms with van der Waals surface area (Å²) in [6.07, 6.45) is 34.7. The van der Waals surface area contributed by atoms with Gasteiger partial charge in [0.05, 0.1) is 0 Å². The number of rotatable bonds is 3. The molecule has 0 heterocycles. The second-order valence-corrected chi connectivity index (χ2v) is 15.1. The molecule has 4 aliphatic carbocycles. The highest BCUT2D eigenvalue weighted by Gasteiger charge is 2.31. The first-order valence-corrected chi connectivity index (χ1v) is 17.9. The van der Waals surface area contributed by atoms with Gasteiger partial charge in [-0.3, -0.25) is 0 Å². The fraction of sp³-hybridized carbons (Fsp3) is 1.00. The van der Waals surface area contributed by atoms with Crippen molar-refractivity contribution in [3.05, 3.63) is 0 Å². The van der Waals surface area contributed by atoms with Crippen molar-refractivity contribution in [2.75, 3.05) is 0 Å². The van der Waals surface area contributed by atoms with Crippen LogP contribution < -0.4 is 0 Å². The van der Waals surface area contributed by atoms with Crippen LogP contribution in [-0.2, 0) is 0 Å². The van der Waals surface area contributed by atoms with Crippen molar-refractivity contribution < 1.29 is 0 Å². The Morgan fingerprint density at radius 2 is 0.568 bits per heavy atom. The van der Waals surface area contributed by atoms with Gasteiger partial charge in [-0.05, 0) is 66.6 Å². The molecule has 220 valence electrons. The minimum absolute atomic E-state index is 0.916. The van der Waals surface area contributed by atoms with E-state index in [-0.39, 0.29) is 0 Å². The van der Waals surface area contributed by atoms with Gasteiger partial charge in [0.15, 0.2) is 0 Å². The van der Waals surface area contributed by atoms with Crippen LogP contribution in [0.2, 0.25) is 0 Å². The summed E-state index contributed by atoms with van der Waals surface area (Å²) < 4.78 is 0. The third-order valence-electron chi connectivity index (χ3n) is 11.0. The molecule has 4 fully saturated rings. The lowest BCUT2D eigenvalue weighted by Crippen LogP contribution is -2.24. The Bertz CT molecular complexity index is 484. The summed E-state index contributed by atoms with van der Waals surface area (Å²) in [5, 5.41) is 0. The lowest BCUT2D eigenvalue weighted by atomic mass is 9.71. The van der Waals surface area contributed by atoms with Crippen molar-refractivity contribution in [2.24, 2.45) is 47.3 Å². The molecule has 4 saturated carbocycles. The van der Waals surface area contributed by atoms with Crippen LogP contribution in [0.25, 0.3) is 0 Å². The third-order valence-corrected chi connectivity index (χ3v) is 11.0. The van der Waals surface area contributed by atoms with Gasteiger partial charge in [0.2, 0.25) is 0 Å². The molecule has 4 rings (SSSR count). The maximum atomic E-state index is 2.42. The maximum absolute atomic E-state index is 2.42. The van der Waals surface area contributed by atoms with Gasteiger partial charge in [-0.25, -0.2) is 0 Å². The molecule has 0 nitrogen and oxygen atoms in total. The van der Waals surface area contributed by atoms with E-state index in [1.54, 1.807) is 32.1 Å². The second kappa shape index (κ2) is 20.0. The Balaban J connectivity index is 0.000000196. The Morgan fingerprint density at radius 3 is 0.865 bits per heavy atom. The molecule has 1 unspecified atom stereocenters. The molecule has 0 aromatic rings. The van der Waals surface area contributed by atoms with E-state index >= 15 is 0 Å². The molecule has 0 aromatic carbocycles. The van der Waals surface area contributed by atoms with Gasteiger partial charge < -0.3 is 0 Å². The number of hydrogen-bond donors (Lipinski definition) is 0. The highest BCUT2D eigenvalue weighted by Crippen LogP contribution is 2.43. The van der Waals surface area contributed by atoms with Crippen molar-refractivity contribution in [3.8, 4) is 0 Å². The predicted molar refractivity (Wildman–Crippen MR) is 168 cm³/mol. The van der Waals surface area contributed by atoms with E-state index < -0.39 is 0 Å². The lowest BCUT2D eigenvalue weighted by molar-refractivity contribution is 0.160. The van der Waals surface area contributed by atoms with Gasteiger partial charge in [-0.1, -0.05) is 170 Å². The Labute approximate surface area is 236 Å². The van der Waals surface area contributed by atoms with E-state index in [0.29, 0.717) is 0 Å². The van der Waals surface area contributed by atoms with Gasteiger partial charge in [-0.15, -0.1) is 0 Å². The normalized spacial score (nSPS) is 29.3. The quantitative estimate of drug-likeness (QED) is 0.350. The van der Waals surface area contributed by atoms with E-state index in [1.165, 1.54) is 116 Å². The summed E-state index contributed by atoms with van der Waals surface area (Å²) in [5.41, 5.74) is 0. The summed E-state index contributed by atoms with van der Waals surface area (Å²) in [6, 6.07) is 0. The van der Waals surface area contributed by atoms with Crippen molar-refractivity contribution in [1.29, 1.82) is 0 Å². The zero-order valence-electron chi connectivity index (χ0n) is 26.9. The number of hydrogen-bond acceptors (Lipinski definition) is 0. The minimum Gasteiger partial charge on any atom is -0.0625 e. The average Bonchev–Trinajstić information content (AvgIpc) is 3.02. The summed E-state index contributed by atoms with van der Waals surface area (Å²) in [4.78, 5) is 0. The van der Waals surface area contributed by atoms with Crippen LogP contribution in [0, 0.1) is 47.3 Å². The van der Waals surface area contributed by atoms with Gasteiger partial charge in [0.1, 0.15) is 0 Å². The van der Waals surface area contributed by atoms with Gasteiger partial charge >= 0.3 is 0 Å². The third kappa shape index (κ3) is 14.8. The first-order valence-electron chi connectivity index (χ1n) is 17.9. The lowest BCUT2D eigenvalue weighted by Gasteiger charge is -2.35. The molecule has 0 heteroatoms. The molecule has 2 bridgehead atoms. The van der Waals surface area contributed by atoms with Crippen molar-refractivity contribution in [2.45, 2.75) is 189 Å². The second-order valence-electron chi connectivity index (χ2n) is 15.1. The van der Waals surface area contributed by atoms with Crippen LogP contribution in [0.5, 0.6) is 0 Å². The summed E-state index contributed by atoms with van der Waals surface area (Å²) >= 11 is 0.